The second kappa shape index (κ2) is 14.6. The Bertz CT molecular complexity index is 546. The van der Waals surface area contributed by atoms with Gasteiger partial charge in [0.2, 0.25) is 0 Å². The smallest absolute Gasteiger partial charge is 0.314 e. The number of nitrogens with zero attached hydrogens (tertiary/aromatic N) is 1. The Kier molecular flexibility index (Phi) is 12.0. The Morgan fingerprint density at radius 2 is 1.52 bits per heavy atom. The molecule has 0 spiro atoms. The number of aromatic nitrogens is 1. The molecule has 1 aliphatic rings. The van der Waals surface area contributed by atoms with Gasteiger partial charge in [-0.3, -0.25) is 9.78 Å². The molecule has 1 saturated carbocycles. The van der Waals surface area contributed by atoms with Crippen LogP contribution < -0.4 is 4.74 Å². The molecule has 0 aromatic carbocycles. The lowest BCUT2D eigenvalue weighted by molar-refractivity contribution is -0.140. The number of ether oxygens (including phenoxy) is 1. The van der Waals surface area contributed by atoms with Crippen molar-refractivity contribution in [1.82, 2.24) is 4.98 Å². The van der Waals surface area contributed by atoms with E-state index in [1.807, 2.05) is 12.1 Å². The van der Waals surface area contributed by atoms with Gasteiger partial charge in [-0.15, -0.1) is 0 Å². The number of pyridine rings is 1. The van der Waals surface area contributed by atoms with Gasteiger partial charge in [0.15, 0.2) is 0 Å². The summed E-state index contributed by atoms with van der Waals surface area (Å²) in [5.41, 5.74) is 1.03. The minimum absolute atomic E-state index is 0.0616. The fourth-order valence-corrected chi connectivity index (χ4v) is 4.49. The maximum absolute atomic E-state index is 12.4. The standard InChI is InChI=1S/C26H43NO2/c1-3-5-6-7-8-9-10-11-12-13-14-22-15-17-23(18-16-22)26(28)29-25-20-19-24(4-2)27-21-25/h19-23H,3-18H2,1-2H3. The van der Waals surface area contributed by atoms with Crippen LogP contribution in [0.4, 0.5) is 0 Å². The van der Waals surface area contributed by atoms with E-state index in [1.54, 1.807) is 6.20 Å². The summed E-state index contributed by atoms with van der Waals surface area (Å²) >= 11 is 0. The predicted molar refractivity (Wildman–Crippen MR) is 121 cm³/mol. The van der Waals surface area contributed by atoms with E-state index < -0.39 is 0 Å². The highest BCUT2D eigenvalue weighted by atomic mass is 16.5. The van der Waals surface area contributed by atoms with Gasteiger partial charge in [0.05, 0.1) is 12.1 Å². The van der Waals surface area contributed by atoms with Crippen LogP contribution in [0.3, 0.4) is 0 Å². The first-order chi connectivity index (χ1) is 14.2. The minimum atomic E-state index is -0.0616. The van der Waals surface area contributed by atoms with Crippen molar-refractivity contribution >= 4 is 5.97 Å². The lowest BCUT2D eigenvalue weighted by atomic mass is 9.80. The number of esters is 1. The van der Waals surface area contributed by atoms with Crippen LogP contribution in [0.1, 0.15) is 116 Å². The normalized spacial score (nSPS) is 19.2. The second-order valence-corrected chi connectivity index (χ2v) is 8.95. The van der Waals surface area contributed by atoms with E-state index >= 15 is 0 Å². The molecule has 0 aliphatic heterocycles. The third-order valence-corrected chi connectivity index (χ3v) is 6.52. The van der Waals surface area contributed by atoms with E-state index in [-0.39, 0.29) is 11.9 Å². The van der Waals surface area contributed by atoms with Gasteiger partial charge in [0.25, 0.3) is 0 Å². The van der Waals surface area contributed by atoms with Gasteiger partial charge in [0, 0.05) is 5.69 Å². The minimum Gasteiger partial charge on any atom is -0.425 e. The van der Waals surface area contributed by atoms with E-state index in [2.05, 4.69) is 18.8 Å². The monoisotopic (exact) mass is 401 g/mol. The first kappa shape index (κ1) is 23.9. The SMILES string of the molecule is CCCCCCCCCCCCC1CCC(C(=O)Oc2ccc(CC)nc2)CC1. The summed E-state index contributed by atoms with van der Waals surface area (Å²) in [5.74, 6) is 1.41. The molecule has 0 unspecified atom stereocenters. The van der Waals surface area contributed by atoms with E-state index in [1.165, 1.54) is 83.5 Å². The lowest BCUT2D eigenvalue weighted by Gasteiger charge is -2.27. The van der Waals surface area contributed by atoms with Crippen molar-refractivity contribution in [3.8, 4) is 5.75 Å². The first-order valence-electron chi connectivity index (χ1n) is 12.4. The van der Waals surface area contributed by atoms with Crippen LogP contribution in [0.2, 0.25) is 0 Å². The third kappa shape index (κ3) is 9.78. The summed E-state index contributed by atoms with van der Waals surface area (Å²) < 4.78 is 5.55. The van der Waals surface area contributed by atoms with Gasteiger partial charge in [-0.05, 0) is 50.2 Å². The van der Waals surface area contributed by atoms with E-state index in [0.717, 1.165) is 30.9 Å². The summed E-state index contributed by atoms with van der Waals surface area (Å²) in [6.07, 6.45) is 22.3. The summed E-state index contributed by atoms with van der Waals surface area (Å²) in [4.78, 5) is 16.7. The quantitative estimate of drug-likeness (QED) is 0.237. The van der Waals surface area contributed by atoms with E-state index in [4.69, 9.17) is 4.74 Å². The molecule has 0 bridgehead atoms. The van der Waals surface area contributed by atoms with Crippen molar-refractivity contribution in [2.24, 2.45) is 11.8 Å². The first-order valence-corrected chi connectivity index (χ1v) is 12.4. The molecule has 29 heavy (non-hydrogen) atoms. The zero-order valence-electron chi connectivity index (χ0n) is 19.0. The van der Waals surface area contributed by atoms with Gasteiger partial charge in [-0.2, -0.15) is 0 Å². The molecule has 0 radical (unpaired) electrons. The van der Waals surface area contributed by atoms with Gasteiger partial charge in [0.1, 0.15) is 5.75 Å². The van der Waals surface area contributed by atoms with Crippen LogP contribution in [-0.2, 0) is 11.2 Å². The Labute approximate surface area is 179 Å². The maximum atomic E-state index is 12.4. The highest BCUT2D eigenvalue weighted by Crippen LogP contribution is 2.33. The molecule has 1 heterocycles. The summed E-state index contributed by atoms with van der Waals surface area (Å²) in [5, 5.41) is 0. The molecule has 0 N–H and O–H groups in total. The van der Waals surface area contributed by atoms with E-state index in [0.29, 0.717) is 5.75 Å². The average molecular weight is 402 g/mol. The number of hydrogen-bond acceptors (Lipinski definition) is 3. The molecule has 0 amide bonds. The van der Waals surface area contributed by atoms with Crippen molar-refractivity contribution in [3.63, 3.8) is 0 Å². The number of carbonyl (C=O) groups excluding carboxylic acids is 1. The molecule has 1 aromatic rings. The molecule has 3 heteroatoms. The molecular formula is C26H43NO2. The molecule has 164 valence electrons. The third-order valence-electron chi connectivity index (χ3n) is 6.52. The van der Waals surface area contributed by atoms with Crippen LogP contribution in [0.15, 0.2) is 18.3 Å². The van der Waals surface area contributed by atoms with Crippen LogP contribution in [0.25, 0.3) is 0 Å². The lowest BCUT2D eigenvalue weighted by Crippen LogP contribution is -2.25. The average Bonchev–Trinajstić information content (AvgIpc) is 2.76. The summed E-state index contributed by atoms with van der Waals surface area (Å²) in [6, 6.07) is 3.80. The van der Waals surface area contributed by atoms with E-state index in [9.17, 15) is 4.79 Å². The number of hydrogen-bond donors (Lipinski definition) is 0. The molecule has 1 aromatic heterocycles. The Morgan fingerprint density at radius 1 is 0.897 bits per heavy atom. The fraction of sp³-hybridized carbons (Fsp3) is 0.769. The van der Waals surface area contributed by atoms with Crippen molar-refractivity contribution in [1.29, 1.82) is 0 Å². The van der Waals surface area contributed by atoms with Crippen molar-refractivity contribution < 1.29 is 9.53 Å². The molecule has 3 nitrogen and oxygen atoms in total. The Balaban J connectivity index is 1.49. The number of unbranched alkanes of at least 4 members (excludes halogenated alkanes) is 9. The Hall–Kier alpha value is -1.38. The van der Waals surface area contributed by atoms with Crippen LogP contribution in [-0.4, -0.2) is 11.0 Å². The van der Waals surface area contributed by atoms with Crippen LogP contribution in [0.5, 0.6) is 5.75 Å². The summed E-state index contributed by atoms with van der Waals surface area (Å²) in [7, 11) is 0. The molecular weight excluding hydrogens is 358 g/mol. The molecule has 1 fully saturated rings. The highest BCUT2D eigenvalue weighted by Gasteiger charge is 2.27. The van der Waals surface area contributed by atoms with Gasteiger partial charge in [-0.1, -0.05) is 84.5 Å². The van der Waals surface area contributed by atoms with Crippen molar-refractivity contribution in [2.75, 3.05) is 0 Å². The summed E-state index contributed by atoms with van der Waals surface area (Å²) in [6.45, 7) is 4.35. The second-order valence-electron chi connectivity index (χ2n) is 8.95. The molecule has 2 rings (SSSR count). The van der Waals surface area contributed by atoms with Crippen molar-refractivity contribution in [2.45, 2.75) is 117 Å². The molecule has 1 aliphatic carbocycles. The molecule has 0 atom stereocenters. The topological polar surface area (TPSA) is 39.2 Å². The fourth-order valence-electron chi connectivity index (χ4n) is 4.49. The van der Waals surface area contributed by atoms with Crippen LogP contribution >= 0.6 is 0 Å². The maximum Gasteiger partial charge on any atom is 0.314 e. The van der Waals surface area contributed by atoms with Gasteiger partial charge < -0.3 is 4.74 Å². The van der Waals surface area contributed by atoms with Gasteiger partial charge >= 0.3 is 5.97 Å². The van der Waals surface area contributed by atoms with Crippen LogP contribution in [0, 0.1) is 11.8 Å². The zero-order chi connectivity index (χ0) is 20.7. The predicted octanol–water partition coefficient (Wildman–Crippen LogP) is 7.67. The highest BCUT2D eigenvalue weighted by molar-refractivity contribution is 5.75. The largest absolute Gasteiger partial charge is 0.425 e. The molecule has 0 saturated heterocycles. The van der Waals surface area contributed by atoms with Crippen molar-refractivity contribution in [3.05, 3.63) is 24.0 Å². The Morgan fingerprint density at radius 3 is 2.07 bits per heavy atom. The number of rotatable bonds is 14. The number of carbonyl (C=O) groups is 1. The number of aryl methyl sites for hydroxylation is 1. The van der Waals surface area contributed by atoms with Gasteiger partial charge in [-0.25, -0.2) is 0 Å². The zero-order valence-corrected chi connectivity index (χ0v) is 19.0.